The van der Waals surface area contributed by atoms with Gasteiger partial charge in [0.2, 0.25) is 0 Å². The van der Waals surface area contributed by atoms with Crippen molar-refractivity contribution < 1.29 is 4.79 Å². The van der Waals surface area contributed by atoms with E-state index in [4.69, 9.17) is 11.6 Å². The van der Waals surface area contributed by atoms with Gasteiger partial charge in [-0.15, -0.1) is 0 Å². The maximum Gasteiger partial charge on any atom is 0.267 e. The second kappa shape index (κ2) is 7.49. The van der Waals surface area contributed by atoms with Gasteiger partial charge in [0.1, 0.15) is 6.04 Å². The molecule has 3 aromatic heterocycles. The van der Waals surface area contributed by atoms with E-state index in [1.807, 2.05) is 6.07 Å². The smallest absolute Gasteiger partial charge is 0.267 e. The number of carbonyl (C=O) groups excluding carboxylic acids is 1. The highest BCUT2D eigenvalue weighted by Gasteiger charge is 2.19. The highest BCUT2D eigenvalue weighted by molar-refractivity contribution is 7.22. The summed E-state index contributed by atoms with van der Waals surface area (Å²) in [5.41, 5.74) is 1.69. The van der Waals surface area contributed by atoms with E-state index in [9.17, 15) is 9.59 Å². The maximum atomic E-state index is 12.7. The molecule has 7 nitrogen and oxygen atoms in total. The molecule has 0 bridgehead atoms. The third kappa shape index (κ3) is 3.64. The van der Waals surface area contributed by atoms with Crippen LogP contribution in [0.15, 0.2) is 59.7 Å². The molecular formula is C19H14ClN5O2S. The van der Waals surface area contributed by atoms with Crippen LogP contribution >= 0.6 is 22.9 Å². The Bertz CT molecular complexity index is 1220. The largest absolute Gasteiger partial charge is 0.300 e. The minimum Gasteiger partial charge on any atom is -0.300 e. The Morgan fingerprint density at radius 3 is 2.89 bits per heavy atom. The van der Waals surface area contributed by atoms with E-state index in [0.29, 0.717) is 15.8 Å². The molecular weight excluding hydrogens is 398 g/mol. The van der Waals surface area contributed by atoms with Gasteiger partial charge < -0.3 is 5.32 Å². The number of anilines is 1. The molecule has 1 atom stereocenters. The van der Waals surface area contributed by atoms with Crippen molar-refractivity contribution in [2.24, 2.45) is 0 Å². The van der Waals surface area contributed by atoms with Crippen molar-refractivity contribution in [2.45, 2.75) is 13.0 Å². The SMILES string of the molecule is CC(C(=O)Nc1nc2ccc(Cl)cc2s1)n1nc(-c2cccnc2)ccc1=O. The number of amides is 1. The average molecular weight is 412 g/mol. The Morgan fingerprint density at radius 2 is 2.11 bits per heavy atom. The highest BCUT2D eigenvalue weighted by Crippen LogP contribution is 2.28. The molecule has 0 saturated heterocycles. The van der Waals surface area contributed by atoms with Gasteiger partial charge in [0.15, 0.2) is 5.13 Å². The molecule has 1 amide bonds. The van der Waals surface area contributed by atoms with Gasteiger partial charge in [-0.1, -0.05) is 22.9 Å². The Labute approximate surface area is 168 Å². The van der Waals surface area contributed by atoms with Crippen LogP contribution in [-0.4, -0.2) is 25.7 Å². The van der Waals surface area contributed by atoms with Crippen molar-refractivity contribution in [3.05, 3.63) is 70.2 Å². The van der Waals surface area contributed by atoms with E-state index in [1.54, 1.807) is 49.6 Å². The zero-order valence-corrected chi connectivity index (χ0v) is 16.2. The van der Waals surface area contributed by atoms with Gasteiger partial charge in [0, 0.05) is 29.0 Å². The molecule has 140 valence electrons. The first kappa shape index (κ1) is 18.3. The van der Waals surface area contributed by atoms with Crippen LogP contribution in [0.1, 0.15) is 13.0 Å². The summed E-state index contributed by atoms with van der Waals surface area (Å²) < 4.78 is 2.02. The Kier molecular flexibility index (Phi) is 4.89. The molecule has 0 aliphatic rings. The van der Waals surface area contributed by atoms with Crippen molar-refractivity contribution in [1.82, 2.24) is 19.7 Å². The third-order valence-electron chi connectivity index (χ3n) is 4.11. The lowest BCUT2D eigenvalue weighted by molar-refractivity contribution is -0.119. The highest BCUT2D eigenvalue weighted by atomic mass is 35.5. The van der Waals surface area contributed by atoms with Gasteiger partial charge in [-0.2, -0.15) is 5.10 Å². The predicted octanol–water partition coefficient (Wildman–Crippen LogP) is 3.77. The predicted molar refractivity (Wildman–Crippen MR) is 110 cm³/mol. The van der Waals surface area contributed by atoms with E-state index in [0.717, 1.165) is 20.5 Å². The number of nitrogens with zero attached hydrogens (tertiary/aromatic N) is 4. The molecule has 4 rings (SSSR count). The lowest BCUT2D eigenvalue weighted by Crippen LogP contribution is -2.33. The van der Waals surface area contributed by atoms with E-state index >= 15 is 0 Å². The number of nitrogens with one attached hydrogen (secondary N) is 1. The average Bonchev–Trinajstić information content (AvgIpc) is 3.09. The third-order valence-corrected chi connectivity index (χ3v) is 5.28. The van der Waals surface area contributed by atoms with E-state index in [1.165, 1.54) is 17.4 Å². The van der Waals surface area contributed by atoms with Gasteiger partial charge in [-0.05, 0) is 43.3 Å². The number of hydrogen-bond donors (Lipinski definition) is 1. The maximum absolute atomic E-state index is 12.7. The van der Waals surface area contributed by atoms with Crippen LogP contribution in [0.25, 0.3) is 21.5 Å². The van der Waals surface area contributed by atoms with Gasteiger partial charge in [0.25, 0.3) is 11.5 Å². The Hall–Kier alpha value is -3.10. The van der Waals surface area contributed by atoms with Crippen molar-refractivity contribution in [1.29, 1.82) is 0 Å². The normalized spacial score (nSPS) is 12.1. The summed E-state index contributed by atoms with van der Waals surface area (Å²) in [6.07, 6.45) is 3.30. The van der Waals surface area contributed by atoms with Crippen LogP contribution in [0.3, 0.4) is 0 Å². The zero-order valence-electron chi connectivity index (χ0n) is 14.7. The summed E-state index contributed by atoms with van der Waals surface area (Å²) >= 11 is 7.30. The quantitative estimate of drug-likeness (QED) is 0.552. The molecule has 4 aromatic rings. The number of pyridine rings is 1. The molecule has 1 N–H and O–H groups in total. The molecule has 0 radical (unpaired) electrons. The standard InChI is InChI=1S/C19H14ClN5O2S/c1-11(18(27)23-19-22-15-5-4-13(20)9-16(15)28-19)25-17(26)7-6-14(24-25)12-3-2-8-21-10-12/h2-11H,1H3,(H,22,23,27). The number of carbonyl (C=O) groups is 1. The molecule has 0 spiro atoms. The van der Waals surface area contributed by atoms with E-state index < -0.39 is 6.04 Å². The van der Waals surface area contributed by atoms with Crippen LogP contribution in [0.5, 0.6) is 0 Å². The summed E-state index contributed by atoms with van der Waals surface area (Å²) in [4.78, 5) is 33.4. The number of thiazole rings is 1. The monoisotopic (exact) mass is 411 g/mol. The number of hydrogen-bond acceptors (Lipinski definition) is 6. The van der Waals surface area contributed by atoms with Gasteiger partial charge in [-0.25, -0.2) is 9.67 Å². The number of rotatable bonds is 4. The number of aromatic nitrogens is 4. The second-order valence-corrected chi connectivity index (χ2v) is 7.51. The lowest BCUT2D eigenvalue weighted by atomic mass is 10.2. The lowest BCUT2D eigenvalue weighted by Gasteiger charge is -2.13. The number of halogens is 1. The molecule has 0 aliphatic heterocycles. The first-order chi connectivity index (χ1) is 13.5. The van der Waals surface area contributed by atoms with E-state index in [-0.39, 0.29) is 11.5 Å². The Balaban J connectivity index is 1.60. The topological polar surface area (TPSA) is 89.8 Å². The summed E-state index contributed by atoms with van der Waals surface area (Å²) in [6.45, 7) is 1.61. The van der Waals surface area contributed by atoms with Crippen molar-refractivity contribution in [3.63, 3.8) is 0 Å². The van der Waals surface area contributed by atoms with Crippen LogP contribution < -0.4 is 10.9 Å². The summed E-state index contributed by atoms with van der Waals surface area (Å²) in [6, 6.07) is 11.1. The summed E-state index contributed by atoms with van der Waals surface area (Å²) in [5, 5.41) is 8.12. The number of fused-ring (bicyclic) bond motifs is 1. The number of benzene rings is 1. The molecule has 1 unspecified atom stereocenters. The van der Waals surface area contributed by atoms with Crippen molar-refractivity contribution >= 4 is 44.2 Å². The first-order valence-electron chi connectivity index (χ1n) is 8.38. The fourth-order valence-corrected chi connectivity index (χ4v) is 3.79. The molecule has 3 heterocycles. The van der Waals surface area contributed by atoms with Gasteiger partial charge in [0.05, 0.1) is 15.9 Å². The van der Waals surface area contributed by atoms with Crippen LogP contribution in [0.4, 0.5) is 5.13 Å². The molecule has 0 fully saturated rings. The minimum absolute atomic E-state index is 0.369. The Morgan fingerprint density at radius 1 is 1.25 bits per heavy atom. The van der Waals surface area contributed by atoms with E-state index in [2.05, 4.69) is 20.4 Å². The van der Waals surface area contributed by atoms with Crippen LogP contribution in [-0.2, 0) is 4.79 Å². The summed E-state index contributed by atoms with van der Waals surface area (Å²) in [5.74, 6) is -0.386. The van der Waals surface area contributed by atoms with Gasteiger partial charge >= 0.3 is 0 Å². The molecule has 1 aromatic carbocycles. The fraction of sp³-hybridized carbons (Fsp3) is 0.105. The van der Waals surface area contributed by atoms with Crippen LogP contribution in [0, 0.1) is 0 Å². The fourth-order valence-electron chi connectivity index (χ4n) is 2.64. The van der Waals surface area contributed by atoms with Crippen LogP contribution in [0.2, 0.25) is 5.02 Å². The molecule has 9 heteroatoms. The first-order valence-corrected chi connectivity index (χ1v) is 9.58. The molecule has 0 aliphatic carbocycles. The molecule has 28 heavy (non-hydrogen) atoms. The van der Waals surface area contributed by atoms with Crippen molar-refractivity contribution in [2.75, 3.05) is 5.32 Å². The summed E-state index contributed by atoms with van der Waals surface area (Å²) in [7, 11) is 0. The second-order valence-electron chi connectivity index (χ2n) is 6.04. The minimum atomic E-state index is -0.820. The van der Waals surface area contributed by atoms with Crippen molar-refractivity contribution in [3.8, 4) is 11.3 Å². The molecule has 0 saturated carbocycles. The zero-order chi connectivity index (χ0) is 19.7. The van der Waals surface area contributed by atoms with Gasteiger partial charge in [-0.3, -0.25) is 14.6 Å².